The van der Waals surface area contributed by atoms with Crippen LogP contribution in [0.15, 0.2) is 18.2 Å². The van der Waals surface area contributed by atoms with Gasteiger partial charge in [0.05, 0.1) is 23.1 Å². The molecule has 11 heteroatoms. The van der Waals surface area contributed by atoms with Crippen molar-refractivity contribution < 1.29 is 36.2 Å². The minimum atomic E-state index is -4.99. The number of nitrogens with one attached hydrogen (secondary N) is 2. The summed E-state index contributed by atoms with van der Waals surface area (Å²) in [4.78, 5) is 12.0. The molecule has 1 aromatic carbocycles. The van der Waals surface area contributed by atoms with Crippen LogP contribution in [0.1, 0.15) is 30.4 Å². The predicted molar refractivity (Wildman–Crippen MR) is 84.0 cm³/mol. The average molecular weight is 407 g/mol. The molecule has 148 valence electrons. The van der Waals surface area contributed by atoms with Gasteiger partial charge in [0.15, 0.2) is 0 Å². The summed E-state index contributed by atoms with van der Waals surface area (Å²) >= 11 is 0. The highest BCUT2D eigenvalue weighted by Gasteiger charge is 2.37. The van der Waals surface area contributed by atoms with Crippen molar-refractivity contribution in [2.75, 3.05) is 18.4 Å². The standard InChI is InChI=1S/C15H16F6N2O2.ClH/c16-14(17,18)9-5-10(15(19,20)21)7-11(6-9)23-12(24)8-13(25)1-3-22-4-2-13;/h5-7,22,25H,1-4,8H2,(H,23,24);1H. The maximum absolute atomic E-state index is 12.8. The number of aliphatic hydroxyl groups is 1. The third-order valence-electron chi connectivity index (χ3n) is 3.90. The Morgan fingerprint density at radius 2 is 1.50 bits per heavy atom. The quantitative estimate of drug-likeness (QED) is 0.672. The first-order chi connectivity index (χ1) is 11.4. The fourth-order valence-electron chi connectivity index (χ4n) is 2.60. The summed E-state index contributed by atoms with van der Waals surface area (Å²) < 4.78 is 76.7. The van der Waals surface area contributed by atoms with Gasteiger partial charge in [0.1, 0.15) is 0 Å². The Labute approximate surface area is 151 Å². The third-order valence-corrected chi connectivity index (χ3v) is 3.90. The lowest BCUT2D eigenvalue weighted by molar-refractivity contribution is -0.143. The first-order valence-electron chi connectivity index (χ1n) is 7.41. The van der Waals surface area contributed by atoms with E-state index in [0.29, 0.717) is 25.2 Å². The first kappa shape index (κ1) is 22.5. The molecule has 1 heterocycles. The second-order valence-electron chi connectivity index (χ2n) is 5.99. The number of anilines is 1. The molecule has 0 atom stereocenters. The van der Waals surface area contributed by atoms with Crippen LogP contribution in [0.5, 0.6) is 0 Å². The number of amides is 1. The Kier molecular flexibility index (Phi) is 6.94. The normalized spacial score (nSPS) is 17.3. The minimum absolute atomic E-state index is 0. The van der Waals surface area contributed by atoms with Crippen LogP contribution in [-0.2, 0) is 17.1 Å². The highest BCUT2D eigenvalue weighted by atomic mass is 35.5. The molecule has 0 spiro atoms. The van der Waals surface area contributed by atoms with Gasteiger partial charge in [-0.2, -0.15) is 26.3 Å². The average Bonchev–Trinajstić information content (AvgIpc) is 2.45. The van der Waals surface area contributed by atoms with Gasteiger partial charge in [-0.1, -0.05) is 0 Å². The smallest absolute Gasteiger partial charge is 0.389 e. The summed E-state index contributed by atoms with van der Waals surface area (Å²) in [5.74, 6) is -0.850. The first-order valence-corrected chi connectivity index (χ1v) is 7.41. The van der Waals surface area contributed by atoms with Crippen LogP contribution in [0.4, 0.5) is 32.0 Å². The lowest BCUT2D eigenvalue weighted by Crippen LogP contribution is -2.44. The van der Waals surface area contributed by atoms with Crippen molar-refractivity contribution in [3.8, 4) is 0 Å². The number of alkyl halides is 6. The van der Waals surface area contributed by atoms with Crippen LogP contribution in [0.25, 0.3) is 0 Å². The fourth-order valence-corrected chi connectivity index (χ4v) is 2.60. The monoisotopic (exact) mass is 406 g/mol. The molecule has 0 radical (unpaired) electrons. The second kappa shape index (κ2) is 8.01. The number of rotatable bonds is 3. The molecule has 0 bridgehead atoms. The van der Waals surface area contributed by atoms with Crippen molar-refractivity contribution in [3.63, 3.8) is 0 Å². The van der Waals surface area contributed by atoms with Crippen molar-refractivity contribution in [2.45, 2.75) is 37.2 Å². The summed E-state index contributed by atoms with van der Waals surface area (Å²) in [5, 5.41) is 15.2. The number of piperidine rings is 1. The van der Waals surface area contributed by atoms with E-state index >= 15 is 0 Å². The number of carbonyl (C=O) groups excluding carboxylic acids is 1. The number of benzene rings is 1. The molecule has 0 aromatic heterocycles. The molecule has 26 heavy (non-hydrogen) atoms. The summed E-state index contributed by atoms with van der Waals surface area (Å²) in [5.41, 5.74) is -4.98. The van der Waals surface area contributed by atoms with Gasteiger partial charge >= 0.3 is 12.4 Å². The van der Waals surface area contributed by atoms with Crippen molar-refractivity contribution in [2.24, 2.45) is 0 Å². The van der Waals surface area contributed by atoms with Gasteiger partial charge < -0.3 is 15.7 Å². The van der Waals surface area contributed by atoms with Crippen LogP contribution < -0.4 is 10.6 Å². The number of carbonyl (C=O) groups is 1. The molecule has 1 amide bonds. The Morgan fingerprint density at radius 1 is 1.04 bits per heavy atom. The second-order valence-corrected chi connectivity index (χ2v) is 5.99. The van der Waals surface area contributed by atoms with Crippen LogP contribution >= 0.6 is 12.4 Å². The zero-order valence-electron chi connectivity index (χ0n) is 13.3. The minimum Gasteiger partial charge on any atom is -0.389 e. The fraction of sp³-hybridized carbons (Fsp3) is 0.533. The van der Waals surface area contributed by atoms with E-state index in [1.807, 2.05) is 5.32 Å². The molecule has 0 saturated carbocycles. The molecule has 0 unspecified atom stereocenters. The lowest BCUT2D eigenvalue weighted by Gasteiger charge is -2.31. The summed E-state index contributed by atoms with van der Waals surface area (Å²) in [7, 11) is 0. The molecule has 1 aliphatic heterocycles. The maximum atomic E-state index is 12.8. The highest BCUT2D eigenvalue weighted by Crippen LogP contribution is 2.37. The van der Waals surface area contributed by atoms with E-state index in [4.69, 9.17) is 0 Å². The lowest BCUT2D eigenvalue weighted by atomic mass is 9.89. The zero-order valence-corrected chi connectivity index (χ0v) is 14.1. The van der Waals surface area contributed by atoms with Gasteiger partial charge in [-0.05, 0) is 44.1 Å². The van der Waals surface area contributed by atoms with E-state index < -0.39 is 47.1 Å². The van der Waals surface area contributed by atoms with E-state index in [1.54, 1.807) is 0 Å². The van der Waals surface area contributed by atoms with Crippen molar-refractivity contribution in [1.82, 2.24) is 5.32 Å². The van der Waals surface area contributed by atoms with Gasteiger partial charge in [0.2, 0.25) is 5.91 Å². The molecule has 1 aliphatic rings. The molecule has 0 aliphatic carbocycles. The summed E-state index contributed by atoms with van der Waals surface area (Å²) in [6, 6.07) is 0.842. The van der Waals surface area contributed by atoms with Gasteiger partial charge in [-0.25, -0.2) is 0 Å². The van der Waals surface area contributed by atoms with Gasteiger partial charge in [-0.15, -0.1) is 12.4 Å². The van der Waals surface area contributed by atoms with Gasteiger partial charge in [0, 0.05) is 5.69 Å². The molecule has 2 rings (SSSR count). The van der Waals surface area contributed by atoms with Crippen LogP contribution in [-0.4, -0.2) is 29.7 Å². The Morgan fingerprint density at radius 3 is 1.92 bits per heavy atom. The summed E-state index contributed by atoms with van der Waals surface area (Å²) in [6.07, 6.45) is -9.87. The molecule has 1 fully saturated rings. The Balaban J connectivity index is 0.00000338. The predicted octanol–water partition coefficient (Wildman–Crippen LogP) is 3.59. The molecule has 3 N–H and O–H groups in total. The molecule has 4 nitrogen and oxygen atoms in total. The van der Waals surface area contributed by atoms with E-state index in [1.165, 1.54) is 0 Å². The summed E-state index contributed by atoms with van der Waals surface area (Å²) in [6.45, 7) is 0.928. The number of hydrogen-bond acceptors (Lipinski definition) is 3. The van der Waals surface area contributed by atoms with E-state index in [2.05, 4.69) is 5.32 Å². The molecule has 1 aromatic rings. The maximum Gasteiger partial charge on any atom is 0.416 e. The zero-order chi connectivity index (χ0) is 18.9. The third kappa shape index (κ3) is 6.03. The Bertz CT molecular complexity index is 610. The van der Waals surface area contributed by atoms with E-state index in [9.17, 15) is 36.2 Å². The van der Waals surface area contributed by atoms with Gasteiger partial charge in [-0.3, -0.25) is 4.79 Å². The topological polar surface area (TPSA) is 61.4 Å². The van der Waals surface area contributed by atoms with Crippen molar-refractivity contribution in [3.05, 3.63) is 29.3 Å². The number of halogens is 7. The molecular weight excluding hydrogens is 390 g/mol. The van der Waals surface area contributed by atoms with Gasteiger partial charge in [0.25, 0.3) is 0 Å². The van der Waals surface area contributed by atoms with Crippen LogP contribution in [0, 0.1) is 0 Å². The molecular formula is C15H17ClF6N2O2. The Hall–Kier alpha value is -1.52. The number of hydrogen-bond donors (Lipinski definition) is 3. The van der Waals surface area contributed by atoms with Crippen LogP contribution in [0.3, 0.4) is 0 Å². The van der Waals surface area contributed by atoms with E-state index in [0.717, 1.165) is 0 Å². The van der Waals surface area contributed by atoms with Crippen molar-refractivity contribution >= 4 is 24.0 Å². The molecule has 1 saturated heterocycles. The SMILES string of the molecule is Cl.O=C(CC1(O)CCNCC1)Nc1cc(C(F)(F)F)cc(C(F)(F)F)c1. The van der Waals surface area contributed by atoms with Crippen molar-refractivity contribution in [1.29, 1.82) is 0 Å². The van der Waals surface area contributed by atoms with E-state index in [-0.39, 0.29) is 31.3 Å². The largest absolute Gasteiger partial charge is 0.416 e. The highest BCUT2D eigenvalue weighted by molar-refractivity contribution is 5.91. The van der Waals surface area contributed by atoms with Crippen LogP contribution in [0.2, 0.25) is 0 Å².